The lowest BCUT2D eigenvalue weighted by Crippen LogP contribution is -2.47. The molecule has 5 heteroatoms. The molecule has 104 valence electrons. The van der Waals surface area contributed by atoms with Crippen molar-refractivity contribution in [2.75, 3.05) is 19.8 Å². The molecule has 0 N–H and O–H groups in total. The molecule has 0 amide bonds. The molecule has 2 rings (SSSR count). The van der Waals surface area contributed by atoms with Gasteiger partial charge in [-0.25, -0.2) is 0 Å². The van der Waals surface area contributed by atoms with Crippen molar-refractivity contribution in [1.29, 1.82) is 0 Å². The molecule has 0 aliphatic carbocycles. The second-order valence-corrected chi connectivity index (χ2v) is 5.76. The maximum atomic E-state index is 10.6. The highest BCUT2D eigenvalue weighted by Gasteiger charge is 2.33. The summed E-state index contributed by atoms with van der Waals surface area (Å²) in [5.74, 6) is 0.787. The molecule has 0 bridgehead atoms. The van der Waals surface area contributed by atoms with E-state index in [2.05, 4.69) is 15.9 Å². The molecule has 0 spiro atoms. The van der Waals surface area contributed by atoms with Crippen LogP contribution in [0.1, 0.15) is 13.3 Å². The molecule has 1 saturated heterocycles. The molecule has 1 aromatic rings. The molecular formula is C14H17BrO4. The predicted molar refractivity (Wildman–Crippen MR) is 74.4 cm³/mol. The van der Waals surface area contributed by atoms with Gasteiger partial charge in [0, 0.05) is 10.9 Å². The fraction of sp³-hybridized carbons (Fsp3) is 0.500. The van der Waals surface area contributed by atoms with E-state index in [-0.39, 0.29) is 6.10 Å². The Balaban J connectivity index is 1.85. The van der Waals surface area contributed by atoms with E-state index in [1.165, 1.54) is 0 Å². The number of ether oxygens (including phenoxy) is 3. The number of carbonyl (C=O) groups is 1. The van der Waals surface area contributed by atoms with Gasteiger partial charge < -0.3 is 19.0 Å². The van der Waals surface area contributed by atoms with Gasteiger partial charge in [-0.3, -0.25) is 0 Å². The second kappa shape index (κ2) is 6.50. The Bertz CT molecular complexity index is 420. The zero-order chi connectivity index (χ0) is 13.7. The molecule has 0 radical (unpaired) electrons. The van der Waals surface area contributed by atoms with Gasteiger partial charge in [-0.05, 0) is 31.2 Å². The number of rotatable bonds is 5. The van der Waals surface area contributed by atoms with Gasteiger partial charge >= 0.3 is 0 Å². The van der Waals surface area contributed by atoms with Crippen molar-refractivity contribution in [3.05, 3.63) is 28.7 Å². The number of carbonyl (C=O) groups excluding carboxylic acids is 1. The zero-order valence-electron chi connectivity index (χ0n) is 10.8. The van der Waals surface area contributed by atoms with Crippen LogP contribution in [-0.2, 0) is 14.3 Å². The van der Waals surface area contributed by atoms with Gasteiger partial charge in [-0.1, -0.05) is 15.9 Å². The summed E-state index contributed by atoms with van der Waals surface area (Å²) >= 11 is 3.37. The van der Waals surface area contributed by atoms with Crippen molar-refractivity contribution in [3.63, 3.8) is 0 Å². The SMILES string of the molecule is C[C@]1(CC=O)COC[C@@H](COc2ccc(Br)cc2)O1. The van der Waals surface area contributed by atoms with E-state index < -0.39 is 5.60 Å². The first kappa shape index (κ1) is 14.5. The minimum atomic E-state index is -0.534. The molecule has 1 aromatic carbocycles. The van der Waals surface area contributed by atoms with Crippen molar-refractivity contribution in [2.45, 2.75) is 25.0 Å². The van der Waals surface area contributed by atoms with Crippen LogP contribution < -0.4 is 4.74 Å². The predicted octanol–water partition coefficient (Wildman–Crippen LogP) is 2.59. The van der Waals surface area contributed by atoms with Crippen LogP contribution in [0.2, 0.25) is 0 Å². The van der Waals surface area contributed by atoms with Gasteiger partial charge in [0.15, 0.2) is 0 Å². The molecule has 1 aliphatic heterocycles. The van der Waals surface area contributed by atoms with Crippen molar-refractivity contribution >= 4 is 22.2 Å². The van der Waals surface area contributed by atoms with Crippen molar-refractivity contribution in [3.8, 4) is 5.75 Å². The monoisotopic (exact) mass is 328 g/mol. The average Bonchev–Trinajstić information content (AvgIpc) is 2.38. The minimum absolute atomic E-state index is 0.151. The number of hydrogen-bond acceptors (Lipinski definition) is 4. The Kier molecular flexibility index (Phi) is 4.96. The lowest BCUT2D eigenvalue weighted by Gasteiger charge is -2.37. The van der Waals surface area contributed by atoms with Gasteiger partial charge in [0.2, 0.25) is 0 Å². The summed E-state index contributed by atoms with van der Waals surface area (Å²) in [4.78, 5) is 10.6. The summed E-state index contributed by atoms with van der Waals surface area (Å²) < 4.78 is 18.0. The quantitative estimate of drug-likeness (QED) is 0.779. The van der Waals surface area contributed by atoms with Gasteiger partial charge in [-0.15, -0.1) is 0 Å². The summed E-state index contributed by atoms with van der Waals surface area (Å²) in [5, 5.41) is 0. The summed E-state index contributed by atoms with van der Waals surface area (Å²) in [6.45, 7) is 3.23. The molecule has 1 aliphatic rings. The fourth-order valence-corrected chi connectivity index (χ4v) is 2.23. The smallest absolute Gasteiger partial charge is 0.122 e. The first-order chi connectivity index (χ1) is 9.11. The molecule has 0 saturated carbocycles. The zero-order valence-corrected chi connectivity index (χ0v) is 12.4. The molecule has 0 unspecified atom stereocenters. The van der Waals surface area contributed by atoms with Crippen LogP contribution in [0, 0.1) is 0 Å². The Morgan fingerprint density at radius 2 is 2.21 bits per heavy atom. The molecule has 1 fully saturated rings. The third-order valence-electron chi connectivity index (χ3n) is 2.93. The normalized spacial score (nSPS) is 26.9. The standard InChI is InChI=1S/C14H17BrO4/c1-14(6-7-16)10-17-8-13(19-14)9-18-12-4-2-11(15)3-5-12/h2-5,7,13H,6,8-10H2,1H3/t13-,14-/m0/s1. The Labute approximate surface area is 121 Å². The van der Waals surface area contributed by atoms with Crippen LogP contribution in [0.5, 0.6) is 5.75 Å². The van der Waals surface area contributed by atoms with E-state index in [9.17, 15) is 4.79 Å². The van der Waals surface area contributed by atoms with E-state index in [1.807, 2.05) is 31.2 Å². The summed E-state index contributed by atoms with van der Waals surface area (Å²) in [6, 6.07) is 7.62. The fourth-order valence-electron chi connectivity index (χ4n) is 1.96. The highest BCUT2D eigenvalue weighted by Crippen LogP contribution is 2.23. The number of benzene rings is 1. The van der Waals surface area contributed by atoms with E-state index >= 15 is 0 Å². The van der Waals surface area contributed by atoms with Gasteiger partial charge in [0.05, 0.1) is 18.8 Å². The summed E-state index contributed by atoms with van der Waals surface area (Å²) in [7, 11) is 0. The largest absolute Gasteiger partial charge is 0.491 e. The molecular weight excluding hydrogens is 312 g/mol. The highest BCUT2D eigenvalue weighted by atomic mass is 79.9. The lowest BCUT2D eigenvalue weighted by molar-refractivity contribution is -0.198. The van der Waals surface area contributed by atoms with Crippen LogP contribution in [0.4, 0.5) is 0 Å². The molecule has 19 heavy (non-hydrogen) atoms. The number of hydrogen-bond donors (Lipinski definition) is 0. The average molecular weight is 329 g/mol. The Morgan fingerprint density at radius 1 is 1.47 bits per heavy atom. The first-order valence-corrected chi connectivity index (χ1v) is 6.98. The second-order valence-electron chi connectivity index (χ2n) is 4.84. The summed E-state index contributed by atoms with van der Waals surface area (Å²) in [5.41, 5.74) is -0.534. The van der Waals surface area contributed by atoms with E-state index in [0.717, 1.165) is 16.5 Å². The number of aldehydes is 1. The Hall–Kier alpha value is -0.910. The van der Waals surface area contributed by atoms with Gasteiger partial charge in [-0.2, -0.15) is 0 Å². The van der Waals surface area contributed by atoms with E-state index in [1.54, 1.807) is 0 Å². The van der Waals surface area contributed by atoms with E-state index in [0.29, 0.717) is 26.2 Å². The van der Waals surface area contributed by atoms with Crippen LogP contribution >= 0.6 is 15.9 Å². The molecule has 4 nitrogen and oxygen atoms in total. The van der Waals surface area contributed by atoms with E-state index in [4.69, 9.17) is 14.2 Å². The minimum Gasteiger partial charge on any atom is -0.491 e. The third-order valence-corrected chi connectivity index (χ3v) is 3.46. The first-order valence-electron chi connectivity index (χ1n) is 6.19. The van der Waals surface area contributed by atoms with Gasteiger partial charge in [0.1, 0.15) is 24.7 Å². The number of halogens is 1. The molecule has 2 atom stereocenters. The maximum Gasteiger partial charge on any atom is 0.122 e. The Morgan fingerprint density at radius 3 is 2.89 bits per heavy atom. The van der Waals surface area contributed by atoms with Crippen molar-refractivity contribution in [1.82, 2.24) is 0 Å². The van der Waals surface area contributed by atoms with Crippen molar-refractivity contribution < 1.29 is 19.0 Å². The highest BCUT2D eigenvalue weighted by molar-refractivity contribution is 9.10. The maximum absolute atomic E-state index is 10.6. The van der Waals surface area contributed by atoms with Crippen LogP contribution in [-0.4, -0.2) is 37.8 Å². The van der Waals surface area contributed by atoms with Gasteiger partial charge in [0.25, 0.3) is 0 Å². The molecule has 0 aromatic heterocycles. The summed E-state index contributed by atoms with van der Waals surface area (Å²) in [6.07, 6.45) is 1.05. The van der Waals surface area contributed by atoms with Crippen molar-refractivity contribution in [2.24, 2.45) is 0 Å². The van der Waals surface area contributed by atoms with Crippen LogP contribution in [0.25, 0.3) is 0 Å². The van der Waals surface area contributed by atoms with Crippen LogP contribution in [0.15, 0.2) is 28.7 Å². The lowest BCUT2D eigenvalue weighted by atomic mass is 10.0. The molecule has 1 heterocycles. The third kappa shape index (κ3) is 4.30. The topological polar surface area (TPSA) is 44.8 Å². The van der Waals surface area contributed by atoms with Crippen LogP contribution in [0.3, 0.4) is 0 Å².